The lowest BCUT2D eigenvalue weighted by Gasteiger charge is -2.57. The molecule has 5 atom stereocenters. The minimum atomic E-state index is -0.789. The molecule has 3 rings (SSSR count). The number of rotatable bonds is 8. The van der Waals surface area contributed by atoms with Gasteiger partial charge in [-0.25, -0.2) is 0 Å². The first-order valence-electron chi connectivity index (χ1n) is 11.9. The van der Waals surface area contributed by atoms with Crippen molar-refractivity contribution in [2.45, 2.75) is 102 Å². The van der Waals surface area contributed by atoms with Crippen LogP contribution in [0.25, 0.3) is 0 Å². The first-order chi connectivity index (χ1) is 14.5. The van der Waals surface area contributed by atoms with E-state index in [0.717, 1.165) is 51.4 Å². The summed E-state index contributed by atoms with van der Waals surface area (Å²) in [7, 11) is 0. The van der Waals surface area contributed by atoms with Crippen LogP contribution in [0.15, 0.2) is 11.6 Å². The number of carbonyl (C=O) groups is 1. The Morgan fingerprint density at radius 3 is 2.77 bits per heavy atom. The van der Waals surface area contributed by atoms with Crippen molar-refractivity contribution in [3.05, 3.63) is 11.6 Å². The zero-order valence-corrected chi connectivity index (χ0v) is 18.3. The Balaban J connectivity index is 1.73. The number of aliphatic hydroxyl groups excluding tert-OH is 2. The van der Waals surface area contributed by atoms with Crippen LogP contribution in [0.2, 0.25) is 0 Å². The van der Waals surface area contributed by atoms with Crippen LogP contribution in [0, 0.1) is 29.6 Å². The van der Waals surface area contributed by atoms with Gasteiger partial charge in [0.25, 0.3) is 0 Å². The van der Waals surface area contributed by atoms with Crippen LogP contribution in [0.1, 0.15) is 84.0 Å². The lowest BCUT2D eigenvalue weighted by molar-refractivity contribution is -0.156. The molecule has 1 unspecified atom stereocenters. The van der Waals surface area contributed by atoms with Crippen LogP contribution >= 0.6 is 0 Å². The summed E-state index contributed by atoms with van der Waals surface area (Å²) >= 11 is 0. The average Bonchev–Trinajstić information content (AvgIpc) is 2.73. The molecule has 0 heterocycles. The highest BCUT2D eigenvalue weighted by Gasteiger charge is 2.58. The summed E-state index contributed by atoms with van der Waals surface area (Å²) < 4.78 is 6.42. The molecule has 0 spiro atoms. The van der Waals surface area contributed by atoms with Crippen LogP contribution in [0.4, 0.5) is 0 Å². The number of ether oxygens (including phenoxy) is 1. The van der Waals surface area contributed by atoms with Crippen molar-refractivity contribution in [1.29, 1.82) is 0 Å². The molecule has 3 N–H and O–H groups in total. The van der Waals surface area contributed by atoms with Crippen molar-refractivity contribution in [2.75, 3.05) is 6.61 Å². The van der Waals surface area contributed by atoms with Gasteiger partial charge in [-0.2, -0.15) is 0 Å². The topological polar surface area (TPSA) is 87.0 Å². The first-order valence-corrected chi connectivity index (χ1v) is 11.9. The molecule has 5 nitrogen and oxygen atoms in total. The fraction of sp³-hybridized carbons (Fsp3) is 0.800. The summed E-state index contributed by atoms with van der Waals surface area (Å²) in [5.74, 6) is 5.72. The molecule has 3 aliphatic rings. The van der Waals surface area contributed by atoms with E-state index in [-0.39, 0.29) is 24.2 Å². The SMILES string of the molecule is CCCCO[C@]12CC[C@@H](O)[C@H](C#CC(O)C3CCCCC3)[C@H]1CC2=CCCC(=O)O. The maximum Gasteiger partial charge on any atom is 0.303 e. The minimum absolute atomic E-state index is 0.111. The van der Waals surface area contributed by atoms with Crippen LogP contribution in [-0.2, 0) is 9.53 Å². The summed E-state index contributed by atoms with van der Waals surface area (Å²) in [6.07, 6.45) is 11.4. The molecule has 0 aromatic rings. The van der Waals surface area contributed by atoms with E-state index in [0.29, 0.717) is 19.4 Å². The van der Waals surface area contributed by atoms with E-state index in [4.69, 9.17) is 9.84 Å². The number of unbranched alkanes of at least 4 members (excludes halogenated alkanes) is 1. The second-order valence-electron chi connectivity index (χ2n) is 9.33. The number of aliphatic hydroxyl groups is 2. The summed E-state index contributed by atoms with van der Waals surface area (Å²) in [5, 5.41) is 30.2. The third-order valence-electron chi connectivity index (χ3n) is 7.34. The Morgan fingerprint density at radius 1 is 1.30 bits per heavy atom. The van der Waals surface area contributed by atoms with Gasteiger partial charge in [0, 0.05) is 18.9 Å². The fourth-order valence-electron chi connectivity index (χ4n) is 5.50. The van der Waals surface area contributed by atoms with E-state index >= 15 is 0 Å². The van der Waals surface area contributed by atoms with Crippen molar-refractivity contribution < 1.29 is 24.9 Å². The van der Waals surface area contributed by atoms with E-state index in [1.54, 1.807) is 0 Å². The van der Waals surface area contributed by atoms with E-state index in [1.807, 2.05) is 6.08 Å². The molecule has 3 aliphatic carbocycles. The van der Waals surface area contributed by atoms with E-state index in [9.17, 15) is 15.0 Å². The number of allylic oxidation sites excluding steroid dienone is 1. The van der Waals surface area contributed by atoms with Crippen molar-refractivity contribution in [3.8, 4) is 11.8 Å². The molecule has 0 amide bonds. The van der Waals surface area contributed by atoms with Crippen LogP contribution in [0.5, 0.6) is 0 Å². The third kappa shape index (κ3) is 5.28. The molecule has 3 saturated carbocycles. The number of carboxylic acid groups (broad SMARTS) is 1. The molecule has 30 heavy (non-hydrogen) atoms. The highest BCUT2D eigenvalue weighted by molar-refractivity contribution is 5.66. The van der Waals surface area contributed by atoms with Gasteiger partial charge in [0.05, 0.1) is 17.6 Å². The molecule has 0 aliphatic heterocycles. The lowest BCUT2D eigenvalue weighted by atomic mass is 9.53. The molecule has 0 bridgehead atoms. The quantitative estimate of drug-likeness (QED) is 0.314. The average molecular weight is 419 g/mol. The Hall–Kier alpha value is -1.35. The van der Waals surface area contributed by atoms with Gasteiger partial charge in [-0.3, -0.25) is 4.79 Å². The largest absolute Gasteiger partial charge is 0.481 e. The number of aliphatic carboxylic acids is 1. The van der Waals surface area contributed by atoms with Gasteiger partial charge in [0.2, 0.25) is 0 Å². The zero-order valence-electron chi connectivity index (χ0n) is 18.3. The van der Waals surface area contributed by atoms with Crippen molar-refractivity contribution in [3.63, 3.8) is 0 Å². The first kappa shape index (κ1) is 23.3. The van der Waals surface area contributed by atoms with Gasteiger partial charge in [-0.05, 0) is 56.4 Å². The maximum atomic E-state index is 10.9. The highest BCUT2D eigenvalue weighted by atomic mass is 16.5. The van der Waals surface area contributed by atoms with E-state index in [1.165, 1.54) is 12.0 Å². The van der Waals surface area contributed by atoms with Gasteiger partial charge in [0.1, 0.15) is 6.10 Å². The van der Waals surface area contributed by atoms with Crippen molar-refractivity contribution in [2.24, 2.45) is 17.8 Å². The van der Waals surface area contributed by atoms with Gasteiger partial charge >= 0.3 is 5.97 Å². The van der Waals surface area contributed by atoms with Crippen molar-refractivity contribution >= 4 is 5.97 Å². The Labute approximate surface area is 180 Å². The number of fused-ring (bicyclic) bond motifs is 1. The summed E-state index contributed by atoms with van der Waals surface area (Å²) in [5.41, 5.74) is 0.763. The molecule has 168 valence electrons. The van der Waals surface area contributed by atoms with Gasteiger partial charge < -0.3 is 20.1 Å². The van der Waals surface area contributed by atoms with Gasteiger partial charge in [0.15, 0.2) is 0 Å². The van der Waals surface area contributed by atoms with Crippen LogP contribution in [-0.4, -0.2) is 45.7 Å². The molecule has 0 aromatic heterocycles. The van der Waals surface area contributed by atoms with Crippen molar-refractivity contribution in [1.82, 2.24) is 0 Å². The number of hydrogen-bond acceptors (Lipinski definition) is 4. The fourth-order valence-corrected chi connectivity index (χ4v) is 5.50. The Kier molecular flexibility index (Phi) is 8.39. The van der Waals surface area contributed by atoms with Crippen LogP contribution in [0.3, 0.4) is 0 Å². The van der Waals surface area contributed by atoms with E-state index < -0.39 is 23.8 Å². The molecule has 0 radical (unpaired) electrons. The summed E-state index contributed by atoms with van der Waals surface area (Å²) in [4.78, 5) is 10.9. The minimum Gasteiger partial charge on any atom is -0.481 e. The number of hydrogen-bond donors (Lipinski definition) is 3. The predicted octanol–water partition coefficient (Wildman–Crippen LogP) is 4.07. The lowest BCUT2D eigenvalue weighted by Crippen LogP contribution is -2.60. The molecular weight excluding hydrogens is 380 g/mol. The second-order valence-corrected chi connectivity index (χ2v) is 9.33. The maximum absolute atomic E-state index is 10.9. The normalized spacial score (nSPS) is 33.8. The van der Waals surface area contributed by atoms with Crippen LogP contribution < -0.4 is 0 Å². The zero-order chi connectivity index (χ0) is 21.6. The summed E-state index contributed by atoms with van der Waals surface area (Å²) in [6, 6.07) is 0. The molecule has 0 saturated heterocycles. The monoisotopic (exact) mass is 418 g/mol. The molecule has 0 aromatic carbocycles. The molecule has 5 heteroatoms. The molecule has 3 fully saturated rings. The summed E-state index contributed by atoms with van der Waals surface area (Å²) in [6.45, 7) is 2.80. The van der Waals surface area contributed by atoms with Gasteiger partial charge in [-0.1, -0.05) is 50.5 Å². The standard InChI is InChI=1S/C25H38O5/c1-2-3-16-30-25-15-14-23(27)20(12-13-22(26)18-8-5-4-6-9-18)21(25)17-19(25)10-7-11-24(28)29/h10,18,20-23,26-27H,2-9,11,14-17H2,1H3,(H,28,29)/t20-,21-,22?,23-,25+/m1/s1. The predicted molar refractivity (Wildman–Crippen MR) is 116 cm³/mol. The Morgan fingerprint density at radius 2 is 2.07 bits per heavy atom. The highest BCUT2D eigenvalue weighted by Crippen LogP contribution is 2.57. The van der Waals surface area contributed by atoms with E-state index in [2.05, 4.69) is 18.8 Å². The van der Waals surface area contributed by atoms with Gasteiger partial charge in [-0.15, -0.1) is 0 Å². The number of carboxylic acids is 1. The smallest absolute Gasteiger partial charge is 0.303 e. The second kappa shape index (κ2) is 10.8. The third-order valence-corrected chi connectivity index (χ3v) is 7.34. The Bertz CT molecular complexity index is 669. The molecular formula is C25H38O5.